The lowest BCUT2D eigenvalue weighted by Gasteiger charge is -2.18. The lowest BCUT2D eigenvalue weighted by Crippen LogP contribution is -2.19. The van der Waals surface area contributed by atoms with Crippen LogP contribution >= 0.6 is 0 Å². The predicted molar refractivity (Wildman–Crippen MR) is 447 cm³/mol. The summed E-state index contributed by atoms with van der Waals surface area (Å²) in [5.74, 6) is -0.975. The van der Waals surface area contributed by atoms with E-state index in [4.69, 9.17) is 58.3 Å². The normalized spacial score (nSPS) is 11.5. The van der Waals surface area contributed by atoms with Crippen LogP contribution in [0.3, 0.4) is 0 Å². The first kappa shape index (κ1) is 78.7. The van der Waals surface area contributed by atoms with E-state index in [-0.39, 0.29) is 128 Å². The third kappa shape index (κ3) is 18.5. The number of aromatic nitrogens is 6. The number of amides is 6. The van der Waals surface area contributed by atoms with Crippen LogP contribution in [0.2, 0.25) is 0 Å². The highest BCUT2D eigenvalue weighted by Gasteiger charge is 2.27. The third-order valence-electron chi connectivity index (χ3n) is 17.8. The SMILES string of the molecule is CC(C)COc1cc(C(=O)Nc2ccccc2)nc2c1ccc1c(OCC(C)C)cc(C(=O)Nc3ccccc3NC(=O)c3cc(OCC(C)C)c4ccc5c(OCC(C)C)cc(C(=O)Nc6ccccc6NC(=O)c6cc(OCC(C)C)c7ccc8c(OCC(C)C)cc(C(=O)Nc9ccccc9)nc8c7n6)nc5c4n3)nc12. The molecule has 0 aliphatic heterocycles. The van der Waals surface area contributed by atoms with Crippen LogP contribution in [0.15, 0.2) is 182 Å². The van der Waals surface area contributed by atoms with Crippen LogP contribution < -0.4 is 60.3 Å². The molecule has 0 aliphatic rings. The van der Waals surface area contributed by atoms with Gasteiger partial charge >= 0.3 is 0 Å². The van der Waals surface area contributed by atoms with Crippen LogP contribution in [0.1, 0.15) is 146 Å². The summed E-state index contributed by atoms with van der Waals surface area (Å²) in [5.41, 5.74) is 3.32. The molecule has 0 radical (unpaired) electrons. The summed E-state index contributed by atoms with van der Waals surface area (Å²) in [4.78, 5) is 118. The Morgan fingerprint density at radius 3 is 0.579 bits per heavy atom. The molecule has 13 rings (SSSR count). The lowest BCUT2D eigenvalue weighted by atomic mass is 10.1. The molecular weight excluding hydrogens is 1440 g/mol. The minimum absolute atomic E-state index is 0.0506. The third-order valence-corrected chi connectivity index (χ3v) is 17.8. The standard InChI is InChI=1S/C90H90N12O12/c1-49(2)43-109-73-37-67(85(103)91-55-23-15-13-16-24-55)93-79-57(73)31-33-59-75(111-45-51(5)6)39-69(95-81(59)79)87(105)99-63-27-19-21-29-65(63)101-89(107)71-41-77(113-47-53(9)10)61-35-36-62-78(114-48-54(11)12)42-72(98-84(62)83(61)97-71)90(108)102-66-30-22-20-28-64(66)100-88(106)70-40-76(112-46-52(7)8)60-34-32-58-74(110-44-50(3)4)38-68(94-80(58)82(60)96-70)86(104)92-56-25-17-14-18-26-56/h13-42,49-54H,43-48H2,1-12H3,(H,91,103)(H,92,104)(H,99,105)(H,100,106)(H,101,107)(H,102,108). The molecule has 24 heteroatoms. The minimum Gasteiger partial charge on any atom is -0.493 e. The monoisotopic (exact) mass is 1530 g/mol. The number of carbonyl (C=O) groups is 6. The molecule has 6 N–H and O–H groups in total. The Bertz CT molecular complexity index is 5480. The van der Waals surface area contributed by atoms with Crippen LogP contribution in [0.5, 0.6) is 34.5 Å². The molecule has 0 fully saturated rings. The molecule has 6 heterocycles. The number of nitrogens with one attached hydrogen (secondary N) is 6. The van der Waals surface area contributed by atoms with E-state index in [1.54, 1.807) is 109 Å². The number of pyridine rings is 6. The largest absolute Gasteiger partial charge is 0.493 e. The maximum atomic E-state index is 15.1. The van der Waals surface area contributed by atoms with Gasteiger partial charge in [0.15, 0.2) is 0 Å². The summed E-state index contributed by atoms with van der Waals surface area (Å²) in [6.45, 7) is 25.9. The predicted octanol–water partition coefficient (Wildman–Crippen LogP) is 18.7. The molecule has 6 amide bonds. The van der Waals surface area contributed by atoms with E-state index in [1.807, 2.05) is 144 Å². The van der Waals surface area contributed by atoms with Crippen molar-refractivity contribution in [2.45, 2.75) is 83.1 Å². The molecule has 0 atom stereocenters. The van der Waals surface area contributed by atoms with Crippen LogP contribution in [-0.4, -0.2) is 105 Å². The maximum Gasteiger partial charge on any atom is 0.274 e. The van der Waals surface area contributed by atoms with E-state index in [2.05, 4.69) is 31.9 Å². The maximum absolute atomic E-state index is 15.1. The molecule has 582 valence electrons. The zero-order valence-electron chi connectivity index (χ0n) is 65.6. The number of benzene rings is 7. The fraction of sp³-hybridized carbons (Fsp3) is 0.267. The Hall–Kier alpha value is -13.4. The number of anilines is 6. The van der Waals surface area contributed by atoms with Gasteiger partial charge in [-0.1, -0.05) is 144 Å². The molecule has 0 saturated heterocycles. The molecule has 114 heavy (non-hydrogen) atoms. The van der Waals surface area contributed by atoms with Crippen molar-refractivity contribution < 1.29 is 57.2 Å². The van der Waals surface area contributed by atoms with Crippen LogP contribution in [0, 0.1) is 35.5 Å². The zero-order valence-corrected chi connectivity index (χ0v) is 65.6. The average molecular weight is 1530 g/mol. The second-order valence-corrected chi connectivity index (χ2v) is 30.4. The molecule has 0 aliphatic carbocycles. The van der Waals surface area contributed by atoms with Crippen molar-refractivity contribution in [3.05, 3.63) is 216 Å². The van der Waals surface area contributed by atoms with E-state index in [0.29, 0.717) is 116 Å². The van der Waals surface area contributed by atoms with Crippen molar-refractivity contribution in [3.63, 3.8) is 0 Å². The second-order valence-electron chi connectivity index (χ2n) is 30.4. The van der Waals surface area contributed by atoms with E-state index < -0.39 is 35.4 Å². The molecule has 0 unspecified atom stereocenters. The minimum atomic E-state index is -0.691. The topological polar surface area (TPSA) is 307 Å². The van der Waals surface area contributed by atoms with Gasteiger partial charge in [-0.25, -0.2) is 29.9 Å². The number of carbonyl (C=O) groups excluding carboxylic acids is 6. The van der Waals surface area contributed by atoms with Crippen molar-refractivity contribution in [3.8, 4) is 34.5 Å². The Labute approximate surface area is 659 Å². The van der Waals surface area contributed by atoms with Crippen molar-refractivity contribution in [1.29, 1.82) is 0 Å². The fourth-order valence-electron chi connectivity index (χ4n) is 12.3. The molecule has 6 aromatic heterocycles. The Morgan fingerprint density at radius 1 is 0.237 bits per heavy atom. The fourth-order valence-corrected chi connectivity index (χ4v) is 12.3. The number of hydrogen-bond donors (Lipinski definition) is 6. The lowest BCUT2D eigenvalue weighted by molar-refractivity contribution is 0.101. The highest BCUT2D eigenvalue weighted by atomic mass is 16.5. The van der Waals surface area contributed by atoms with Crippen molar-refractivity contribution >= 4 is 135 Å². The molecule has 7 aromatic carbocycles. The Morgan fingerprint density at radius 2 is 0.404 bits per heavy atom. The first-order chi connectivity index (χ1) is 54.9. The quantitative estimate of drug-likeness (QED) is 0.0228. The molecule has 0 saturated carbocycles. The summed E-state index contributed by atoms with van der Waals surface area (Å²) >= 11 is 0. The molecule has 24 nitrogen and oxygen atoms in total. The van der Waals surface area contributed by atoms with Gasteiger partial charge < -0.3 is 60.3 Å². The molecular formula is C90H90N12O12. The Balaban J connectivity index is 0.826. The van der Waals surface area contributed by atoms with Gasteiger partial charge in [0.2, 0.25) is 0 Å². The highest BCUT2D eigenvalue weighted by molar-refractivity contribution is 6.18. The van der Waals surface area contributed by atoms with Crippen molar-refractivity contribution in [2.75, 3.05) is 71.5 Å². The number of para-hydroxylation sites is 6. The van der Waals surface area contributed by atoms with Gasteiger partial charge in [0.1, 0.15) is 102 Å². The average Bonchev–Trinajstić information content (AvgIpc) is 0.761. The summed E-state index contributed by atoms with van der Waals surface area (Å²) in [6.07, 6.45) is 0. The summed E-state index contributed by atoms with van der Waals surface area (Å²) in [5, 5.41) is 20.9. The van der Waals surface area contributed by atoms with Gasteiger partial charge in [-0.05, 0) is 120 Å². The van der Waals surface area contributed by atoms with Crippen LogP contribution in [-0.2, 0) is 0 Å². The number of rotatable bonds is 30. The Kier molecular flexibility index (Phi) is 24.1. The molecule has 0 spiro atoms. The second kappa shape index (κ2) is 34.9. The number of hydrogen-bond acceptors (Lipinski definition) is 18. The number of fused-ring (bicyclic) bond motifs is 9. The van der Waals surface area contributed by atoms with E-state index in [0.717, 1.165) is 0 Å². The summed E-state index contributed by atoms with van der Waals surface area (Å²) in [6, 6.07) is 51.7. The van der Waals surface area contributed by atoms with Gasteiger partial charge in [0, 0.05) is 80.1 Å². The summed E-state index contributed by atoms with van der Waals surface area (Å²) < 4.78 is 38.5. The van der Waals surface area contributed by atoms with E-state index >= 15 is 9.59 Å². The first-order valence-corrected chi connectivity index (χ1v) is 38.2. The van der Waals surface area contributed by atoms with Gasteiger partial charge in [-0.2, -0.15) is 0 Å². The van der Waals surface area contributed by atoms with E-state index in [9.17, 15) is 19.2 Å². The van der Waals surface area contributed by atoms with Crippen molar-refractivity contribution in [2.24, 2.45) is 35.5 Å². The van der Waals surface area contributed by atoms with Gasteiger partial charge in [-0.3, -0.25) is 28.8 Å². The zero-order chi connectivity index (χ0) is 80.4. The van der Waals surface area contributed by atoms with Gasteiger partial charge in [0.05, 0.1) is 62.4 Å². The first-order valence-electron chi connectivity index (χ1n) is 38.2. The van der Waals surface area contributed by atoms with Crippen LogP contribution in [0.25, 0.3) is 65.4 Å². The number of nitrogens with zero attached hydrogens (tertiary/aromatic N) is 6. The summed E-state index contributed by atoms with van der Waals surface area (Å²) in [7, 11) is 0. The van der Waals surface area contributed by atoms with Gasteiger partial charge in [0.25, 0.3) is 35.4 Å². The molecule has 0 bridgehead atoms. The van der Waals surface area contributed by atoms with E-state index in [1.165, 1.54) is 12.1 Å². The van der Waals surface area contributed by atoms with Gasteiger partial charge in [-0.15, -0.1) is 0 Å². The van der Waals surface area contributed by atoms with Crippen LogP contribution in [0.4, 0.5) is 34.1 Å². The highest BCUT2D eigenvalue weighted by Crippen LogP contribution is 2.41. The van der Waals surface area contributed by atoms with Crippen molar-refractivity contribution in [1.82, 2.24) is 29.9 Å². The molecule has 13 aromatic rings. The smallest absolute Gasteiger partial charge is 0.274 e. The number of ether oxygens (including phenoxy) is 6.